The Morgan fingerprint density at radius 2 is 1.72 bits per heavy atom. The molecule has 0 bridgehead atoms. The van der Waals surface area contributed by atoms with E-state index in [1.165, 1.54) is 5.56 Å². The largest absolute Gasteiger partial charge is 0.352 e. The van der Waals surface area contributed by atoms with E-state index in [1.807, 2.05) is 31.2 Å². The minimum atomic E-state index is -0.316. The molecule has 0 heterocycles. The molecule has 138 valence electrons. The molecule has 0 radical (unpaired) electrons. The van der Waals surface area contributed by atoms with Gasteiger partial charge in [-0.3, -0.25) is 9.59 Å². The summed E-state index contributed by atoms with van der Waals surface area (Å²) in [6.07, 6.45) is 2.50. The molecule has 1 fully saturated rings. The van der Waals surface area contributed by atoms with Gasteiger partial charge in [-0.2, -0.15) is 0 Å². The van der Waals surface area contributed by atoms with Crippen LogP contribution in [0, 0.1) is 5.92 Å². The Balaban J connectivity index is 1.79. The third-order valence-electron chi connectivity index (χ3n) is 4.98. The van der Waals surface area contributed by atoms with Crippen molar-refractivity contribution in [2.24, 2.45) is 11.7 Å². The molecule has 1 aromatic carbocycles. The highest BCUT2D eigenvalue weighted by Crippen LogP contribution is 2.38. The molecule has 1 unspecified atom stereocenters. The van der Waals surface area contributed by atoms with Crippen LogP contribution in [0.25, 0.3) is 0 Å². The van der Waals surface area contributed by atoms with Gasteiger partial charge in [0, 0.05) is 25.1 Å². The van der Waals surface area contributed by atoms with E-state index in [0.717, 1.165) is 12.8 Å². The highest BCUT2D eigenvalue weighted by atomic mass is 16.2. The summed E-state index contributed by atoms with van der Waals surface area (Å²) in [7, 11) is 0. The maximum absolute atomic E-state index is 12.2. The minimum Gasteiger partial charge on any atom is -0.352 e. The molecule has 1 aliphatic carbocycles. The first-order valence-corrected chi connectivity index (χ1v) is 9.05. The predicted octanol–water partition coefficient (Wildman–Crippen LogP) is 2.35. The van der Waals surface area contributed by atoms with Crippen molar-refractivity contribution in [2.45, 2.75) is 57.9 Å². The number of nitrogens with two attached hydrogens (primary N) is 1. The fourth-order valence-electron chi connectivity index (χ4n) is 2.93. The standard InChI is InChI=1S/C20H31N3O2/c1-19(2,3)15-7-5-14(6-8-15)18(25)22-12-11-17(24)23-20(4,13-21)16-9-10-16/h5-8,16H,9-13,21H2,1-4H3,(H,22,25)(H,23,24). The van der Waals surface area contributed by atoms with Crippen molar-refractivity contribution in [3.05, 3.63) is 35.4 Å². The lowest BCUT2D eigenvalue weighted by molar-refractivity contribution is -0.122. The summed E-state index contributed by atoms with van der Waals surface area (Å²) < 4.78 is 0. The van der Waals surface area contributed by atoms with Crippen LogP contribution in [0.15, 0.2) is 24.3 Å². The predicted molar refractivity (Wildman–Crippen MR) is 100 cm³/mol. The normalized spacial score (nSPS) is 16.8. The van der Waals surface area contributed by atoms with Crippen LogP contribution in [0.1, 0.15) is 62.9 Å². The van der Waals surface area contributed by atoms with Gasteiger partial charge in [-0.05, 0) is 48.8 Å². The maximum atomic E-state index is 12.2. The SMILES string of the molecule is CC(C)(C)c1ccc(C(=O)NCCC(=O)NC(C)(CN)C2CC2)cc1. The molecule has 1 aromatic rings. The molecule has 0 aromatic heterocycles. The minimum absolute atomic E-state index is 0.0598. The van der Waals surface area contributed by atoms with Gasteiger partial charge < -0.3 is 16.4 Å². The lowest BCUT2D eigenvalue weighted by atomic mass is 9.87. The summed E-state index contributed by atoms with van der Waals surface area (Å²) in [5.41, 5.74) is 7.35. The molecule has 1 saturated carbocycles. The summed E-state index contributed by atoms with van der Waals surface area (Å²) in [4.78, 5) is 24.3. The fraction of sp³-hybridized carbons (Fsp3) is 0.600. The summed E-state index contributed by atoms with van der Waals surface area (Å²) in [5.74, 6) is 0.262. The summed E-state index contributed by atoms with van der Waals surface area (Å²) >= 11 is 0. The summed E-state index contributed by atoms with van der Waals surface area (Å²) in [6.45, 7) is 9.16. The van der Waals surface area contributed by atoms with Gasteiger partial charge in [0.1, 0.15) is 0 Å². The Morgan fingerprint density at radius 3 is 2.20 bits per heavy atom. The van der Waals surface area contributed by atoms with Crippen molar-refractivity contribution in [3.63, 3.8) is 0 Å². The highest BCUT2D eigenvalue weighted by molar-refractivity contribution is 5.94. The van der Waals surface area contributed by atoms with Crippen molar-refractivity contribution in [1.82, 2.24) is 10.6 Å². The van der Waals surface area contributed by atoms with E-state index in [1.54, 1.807) is 0 Å². The first-order valence-electron chi connectivity index (χ1n) is 9.05. The van der Waals surface area contributed by atoms with Crippen LogP contribution < -0.4 is 16.4 Å². The van der Waals surface area contributed by atoms with Crippen LogP contribution in [0.3, 0.4) is 0 Å². The Bertz CT molecular complexity index is 615. The second kappa shape index (κ2) is 7.56. The average Bonchev–Trinajstić information content (AvgIpc) is 3.39. The van der Waals surface area contributed by atoms with E-state index in [9.17, 15) is 9.59 Å². The van der Waals surface area contributed by atoms with Crippen LogP contribution in [-0.4, -0.2) is 30.4 Å². The Hall–Kier alpha value is -1.88. The molecule has 5 heteroatoms. The highest BCUT2D eigenvalue weighted by Gasteiger charge is 2.41. The van der Waals surface area contributed by atoms with Gasteiger partial charge in [-0.25, -0.2) is 0 Å². The van der Waals surface area contributed by atoms with Crippen LogP contribution in [-0.2, 0) is 10.2 Å². The molecule has 1 atom stereocenters. The second-order valence-corrected chi connectivity index (χ2v) is 8.28. The topological polar surface area (TPSA) is 84.2 Å². The molecule has 25 heavy (non-hydrogen) atoms. The van der Waals surface area contributed by atoms with E-state index in [4.69, 9.17) is 5.73 Å². The van der Waals surface area contributed by atoms with Crippen molar-refractivity contribution in [2.75, 3.05) is 13.1 Å². The number of rotatable bonds is 7. The van der Waals surface area contributed by atoms with E-state index >= 15 is 0 Å². The number of benzene rings is 1. The number of carbonyl (C=O) groups is 2. The van der Waals surface area contributed by atoms with E-state index in [0.29, 0.717) is 24.6 Å². The molecule has 5 nitrogen and oxygen atoms in total. The molecule has 1 aliphatic rings. The van der Waals surface area contributed by atoms with Gasteiger partial charge in [0.2, 0.25) is 5.91 Å². The Kier molecular flexibility index (Phi) is 5.88. The van der Waals surface area contributed by atoms with Gasteiger partial charge >= 0.3 is 0 Å². The maximum Gasteiger partial charge on any atom is 0.251 e. The van der Waals surface area contributed by atoms with Crippen molar-refractivity contribution < 1.29 is 9.59 Å². The molecular formula is C20H31N3O2. The van der Waals surface area contributed by atoms with Gasteiger partial charge in [-0.1, -0.05) is 32.9 Å². The lowest BCUT2D eigenvalue weighted by Gasteiger charge is -2.29. The zero-order valence-corrected chi connectivity index (χ0v) is 15.8. The third kappa shape index (κ3) is 5.30. The van der Waals surface area contributed by atoms with E-state index in [2.05, 4.69) is 31.4 Å². The number of hydrogen-bond donors (Lipinski definition) is 3. The molecule has 0 aliphatic heterocycles. The number of amides is 2. The quantitative estimate of drug-likeness (QED) is 0.709. The first-order chi connectivity index (χ1) is 11.7. The summed E-state index contributed by atoms with van der Waals surface area (Å²) in [6, 6.07) is 7.61. The molecule has 2 amide bonds. The van der Waals surface area contributed by atoms with E-state index in [-0.39, 0.29) is 29.2 Å². The second-order valence-electron chi connectivity index (χ2n) is 8.28. The van der Waals surface area contributed by atoms with Crippen LogP contribution in [0.5, 0.6) is 0 Å². The fourth-order valence-corrected chi connectivity index (χ4v) is 2.93. The van der Waals surface area contributed by atoms with E-state index < -0.39 is 0 Å². The zero-order chi connectivity index (χ0) is 18.7. The molecular weight excluding hydrogens is 314 g/mol. The van der Waals surface area contributed by atoms with Crippen LogP contribution >= 0.6 is 0 Å². The molecule has 0 saturated heterocycles. The zero-order valence-electron chi connectivity index (χ0n) is 15.8. The Labute approximate surface area is 150 Å². The van der Waals surface area contributed by atoms with Gasteiger partial charge in [0.25, 0.3) is 5.91 Å². The molecule has 4 N–H and O–H groups in total. The monoisotopic (exact) mass is 345 g/mol. The first kappa shape index (κ1) is 19.4. The number of hydrogen-bond acceptors (Lipinski definition) is 3. The molecule has 0 spiro atoms. The average molecular weight is 345 g/mol. The van der Waals surface area contributed by atoms with Gasteiger partial charge in [0.05, 0.1) is 5.54 Å². The van der Waals surface area contributed by atoms with Crippen molar-refractivity contribution in [1.29, 1.82) is 0 Å². The smallest absolute Gasteiger partial charge is 0.251 e. The van der Waals surface area contributed by atoms with Crippen molar-refractivity contribution in [3.8, 4) is 0 Å². The third-order valence-corrected chi connectivity index (χ3v) is 4.98. The lowest BCUT2D eigenvalue weighted by Crippen LogP contribution is -2.53. The van der Waals surface area contributed by atoms with Crippen molar-refractivity contribution >= 4 is 11.8 Å². The van der Waals surface area contributed by atoms with Gasteiger partial charge in [-0.15, -0.1) is 0 Å². The Morgan fingerprint density at radius 1 is 1.12 bits per heavy atom. The molecule has 2 rings (SSSR count). The number of nitrogens with one attached hydrogen (secondary N) is 2. The van der Waals surface area contributed by atoms with Crippen LogP contribution in [0.4, 0.5) is 0 Å². The number of carbonyl (C=O) groups excluding carboxylic acids is 2. The van der Waals surface area contributed by atoms with Crippen LogP contribution in [0.2, 0.25) is 0 Å². The van der Waals surface area contributed by atoms with Gasteiger partial charge in [0.15, 0.2) is 0 Å². The summed E-state index contributed by atoms with van der Waals surface area (Å²) in [5, 5.41) is 5.83.